The van der Waals surface area contributed by atoms with E-state index in [1.807, 2.05) is 0 Å². The molecule has 0 aliphatic carbocycles. The van der Waals surface area contributed by atoms with Crippen LogP contribution in [0.4, 0.5) is 13.2 Å². The van der Waals surface area contributed by atoms with E-state index in [1.165, 1.54) is 7.11 Å². The summed E-state index contributed by atoms with van der Waals surface area (Å²) >= 11 is 0. The predicted octanol–water partition coefficient (Wildman–Crippen LogP) is -0.0541. The minimum atomic E-state index is -5.00. The molecule has 1 aliphatic rings. The molecule has 1 aromatic rings. The fraction of sp³-hybridized carbons (Fsp3) is 0.647. The number of hydrogen-bond donors (Lipinski definition) is 1. The molecule has 0 radical (unpaired) electrons. The number of aliphatic hydroxyl groups is 1. The van der Waals surface area contributed by atoms with Crippen molar-refractivity contribution in [1.82, 2.24) is 9.13 Å². The average Bonchev–Trinajstić information content (AvgIpc) is 3.06. The Labute approximate surface area is 163 Å². The standard InChI is InChI=1S/C17H21F3N2O7/c1-4-5-28-12-6-13(29-14(12)11(23)8-26-2)21-7-10(17(18,19)20)15(24)22(9-27-3)16(21)25/h1,7,11-14,23H,5-6,8-9H2,2-3H3/t11?,12-,13+,14+/m0/s1. The first-order chi connectivity index (χ1) is 13.6. The van der Waals surface area contributed by atoms with E-state index in [0.29, 0.717) is 15.3 Å². The maximum Gasteiger partial charge on any atom is 0.423 e. The summed E-state index contributed by atoms with van der Waals surface area (Å²) in [7, 11) is 2.47. The Bertz CT molecular complexity index is 859. The molecular weight excluding hydrogens is 401 g/mol. The summed E-state index contributed by atoms with van der Waals surface area (Å²) in [5.41, 5.74) is -4.15. The highest BCUT2D eigenvalue weighted by atomic mass is 19.4. The molecular formula is C17H21F3N2O7. The lowest BCUT2D eigenvalue weighted by Crippen LogP contribution is -2.44. The van der Waals surface area contributed by atoms with Gasteiger partial charge in [0.15, 0.2) is 0 Å². The topological polar surface area (TPSA) is 101 Å². The van der Waals surface area contributed by atoms with E-state index in [1.54, 1.807) is 0 Å². The van der Waals surface area contributed by atoms with Crippen LogP contribution >= 0.6 is 0 Å². The number of alkyl halides is 3. The third-order valence-electron chi connectivity index (χ3n) is 4.28. The van der Waals surface area contributed by atoms with Gasteiger partial charge in [0.05, 0.1) is 12.7 Å². The van der Waals surface area contributed by atoms with Gasteiger partial charge in [-0.2, -0.15) is 13.2 Å². The Morgan fingerprint density at radius 1 is 1.38 bits per heavy atom. The van der Waals surface area contributed by atoms with Gasteiger partial charge in [0.2, 0.25) is 0 Å². The zero-order valence-corrected chi connectivity index (χ0v) is 15.7. The number of nitrogens with zero attached hydrogens (tertiary/aromatic N) is 2. The largest absolute Gasteiger partial charge is 0.423 e. The summed E-state index contributed by atoms with van der Waals surface area (Å²) in [5.74, 6) is 2.24. The predicted molar refractivity (Wildman–Crippen MR) is 92.0 cm³/mol. The molecule has 1 fully saturated rings. The van der Waals surface area contributed by atoms with Gasteiger partial charge in [-0.05, 0) is 0 Å². The van der Waals surface area contributed by atoms with Crippen molar-refractivity contribution in [2.45, 2.75) is 43.9 Å². The summed E-state index contributed by atoms with van der Waals surface area (Å²) in [6, 6.07) is 0. The first-order valence-corrected chi connectivity index (χ1v) is 8.45. The monoisotopic (exact) mass is 422 g/mol. The molecule has 9 nitrogen and oxygen atoms in total. The quantitative estimate of drug-likeness (QED) is 0.586. The second kappa shape index (κ2) is 9.55. The summed E-state index contributed by atoms with van der Waals surface area (Å²) in [6.07, 6.45) is -3.80. The molecule has 162 valence electrons. The molecule has 0 spiro atoms. The molecule has 4 atom stereocenters. The molecule has 12 heteroatoms. The van der Waals surface area contributed by atoms with Gasteiger partial charge >= 0.3 is 11.9 Å². The summed E-state index contributed by atoms with van der Waals surface area (Å²) in [6.45, 7) is -0.955. The third-order valence-corrected chi connectivity index (χ3v) is 4.28. The van der Waals surface area contributed by atoms with Crippen molar-refractivity contribution in [2.24, 2.45) is 0 Å². The summed E-state index contributed by atoms with van der Waals surface area (Å²) in [4.78, 5) is 24.7. The molecule has 29 heavy (non-hydrogen) atoms. The number of halogens is 3. The summed E-state index contributed by atoms with van der Waals surface area (Å²) < 4.78 is 61.4. The molecule has 0 aromatic carbocycles. The van der Waals surface area contributed by atoms with E-state index in [-0.39, 0.29) is 19.6 Å². The molecule has 0 saturated carbocycles. The Hall–Kier alpha value is -2.17. The van der Waals surface area contributed by atoms with Crippen molar-refractivity contribution in [3.8, 4) is 12.3 Å². The normalized spacial score (nSPS) is 23.1. The van der Waals surface area contributed by atoms with Crippen LogP contribution in [0.2, 0.25) is 0 Å². The van der Waals surface area contributed by atoms with Crippen LogP contribution in [0, 0.1) is 12.3 Å². The van der Waals surface area contributed by atoms with Gasteiger partial charge in [0.25, 0.3) is 5.56 Å². The minimum absolute atomic E-state index is 0.0878. The van der Waals surface area contributed by atoms with Crippen molar-refractivity contribution in [3.63, 3.8) is 0 Å². The number of terminal acetylenes is 1. The van der Waals surface area contributed by atoms with Gasteiger partial charge < -0.3 is 24.1 Å². The van der Waals surface area contributed by atoms with Crippen LogP contribution in [0.25, 0.3) is 0 Å². The van der Waals surface area contributed by atoms with Crippen molar-refractivity contribution in [3.05, 3.63) is 32.6 Å². The second-order valence-corrected chi connectivity index (χ2v) is 6.25. The van der Waals surface area contributed by atoms with Crippen molar-refractivity contribution >= 4 is 0 Å². The SMILES string of the molecule is C#CCO[C@H]1C[C@H](n2cc(C(F)(F)F)c(=O)n(COC)c2=O)O[C@@H]1C(O)COC. The first kappa shape index (κ1) is 23.1. The van der Waals surface area contributed by atoms with Crippen LogP contribution in [-0.4, -0.2) is 60.0 Å². The Balaban J connectivity index is 2.50. The fourth-order valence-corrected chi connectivity index (χ4v) is 3.02. The van der Waals surface area contributed by atoms with E-state index in [4.69, 9.17) is 20.6 Å². The first-order valence-electron chi connectivity index (χ1n) is 8.45. The molecule has 1 aromatic heterocycles. The van der Waals surface area contributed by atoms with Gasteiger partial charge in [0, 0.05) is 26.8 Å². The second-order valence-electron chi connectivity index (χ2n) is 6.25. The molecule has 1 N–H and O–H groups in total. The molecule has 0 bridgehead atoms. The lowest BCUT2D eigenvalue weighted by atomic mass is 10.1. The van der Waals surface area contributed by atoms with Crippen LogP contribution in [-0.2, 0) is 31.9 Å². The lowest BCUT2D eigenvalue weighted by molar-refractivity contribution is -0.140. The van der Waals surface area contributed by atoms with E-state index < -0.39 is 54.3 Å². The Morgan fingerprint density at radius 3 is 2.62 bits per heavy atom. The van der Waals surface area contributed by atoms with Crippen LogP contribution in [0.1, 0.15) is 18.2 Å². The Morgan fingerprint density at radius 2 is 2.07 bits per heavy atom. The fourth-order valence-electron chi connectivity index (χ4n) is 3.02. The van der Waals surface area contributed by atoms with E-state index in [9.17, 15) is 27.9 Å². The van der Waals surface area contributed by atoms with Gasteiger partial charge in [-0.15, -0.1) is 6.42 Å². The maximum atomic E-state index is 13.3. The highest BCUT2D eigenvalue weighted by molar-refractivity contribution is 5.11. The van der Waals surface area contributed by atoms with Crippen molar-refractivity contribution < 1.29 is 37.2 Å². The average molecular weight is 422 g/mol. The highest BCUT2D eigenvalue weighted by Gasteiger charge is 2.43. The van der Waals surface area contributed by atoms with Crippen molar-refractivity contribution in [2.75, 3.05) is 27.4 Å². The Kier molecular flexibility index (Phi) is 7.61. The van der Waals surface area contributed by atoms with Crippen LogP contribution in [0.5, 0.6) is 0 Å². The lowest BCUT2D eigenvalue weighted by Gasteiger charge is -2.23. The molecule has 0 amide bonds. The smallest absolute Gasteiger partial charge is 0.388 e. The number of aromatic nitrogens is 2. The highest BCUT2D eigenvalue weighted by Crippen LogP contribution is 2.33. The van der Waals surface area contributed by atoms with Gasteiger partial charge in [-0.1, -0.05) is 5.92 Å². The van der Waals surface area contributed by atoms with Gasteiger partial charge in [-0.25, -0.2) is 9.36 Å². The number of aliphatic hydroxyl groups excluding tert-OH is 1. The van der Waals surface area contributed by atoms with E-state index >= 15 is 0 Å². The summed E-state index contributed by atoms with van der Waals surface area (Å²) in [5, 5.41) is 10.2. The van der Waals surface area contributed by atoms with Crippen LogP contribution < -0.4 is 11.2 Å². The van der Waals surface area contributed by atoms with E-state index in [2.05, 4.69) is 10.7 Å². The number of rotatable bonds is 8. The van der Waals surface area contributed by atoms with Gasteiger partial charge in [-0.3, -0.25) is 9.36 Å². The zero-order chi connectivity index (χ0) is 21.8. The molecule has 2 heterocycles. The molecule has 1 saturated heterocycles. The van der Waals surface area contributed by atoms with Crippen LogP contribution in [0.3, 0.4) is 0 Å². The number of hydrogen-bond acceptors (Lipinski definition) is 7. The minimum Gasteiger partial charge on any atom is -0.388 e. The number of methoxy groups -OCH3 is 2. The third kappa shape index (κ3) is 5.06. The number of ether oxygens (including phenoxy) is 4. The maximum absolute atomic E-state index is 13.3. The van der Waals surface area contributed by atoms with Crippen molar-refractivity contribution in [1.29, 1.82) is 0 Å². The van der Waals surface area contributed by atoms with E-state index in [0.717, 1.165) is 7.11 Å². The zero-order valence-electron chi connectivity index (χ0n) is 15.7. The molecule has 2 rings (SSSR count). The van der Waals surface area contributed by atoms with Gasteiger partial charge in [0.1, 0.15) is 37.3 Å². The van der Waals surface area contributed by atoms with Crippen LogP contribution in [0.15, 0.2) is 15.8 Å². The molecule has 1 aliphatic heterocycles. The molecule has 1 unspecified atom stereocenters.